The second-order valence-electron chi connectivity index (χ2n) is 7.31. The number of fused-ring (bicyclic) bond motifs is 1. The number of nitrogens with one attached hydrogen (secondary N) is 1. The van der Waals surface area contributed by atoms with Crippen LogP contribution in [0.25, 0.3) is 11.3 Å². The van der Waals surface area contributed by atoms with Gasteiger partial charge in [-0.1, -0.05) is 13.8 Å². The van der Waals surface area contributed by atoms with Crippen molar-refractivity contribution in [3.63, 3.8) is 0 Å². The number of hydrogen-bond acceptors (Lipinski definition) is 4. The van der Waals surface area contributed by atoms with Gasteiger partial charge in [-0.05, 0) is 77.5 Å². The van der Waals surface area contributed by atoms with Gasteiger partial charge in [0.15, 0.2) is 6.29 Å². The Morgan fingerprint density at radius 1 is 1.24 bits per heavy atom. The zero-order valence-corrected chi connectivity index (χ0v) is 18.5. The minimum atomic E-state index is -0.266. The van der Waals surface area contributed by atoms with E-state index in [1.54, 1.807) is 6.07 Å². The summed E-state index contributed by atoms with van der Waals surface area (Å²) in [5.74, 6) is 0.542. The van der Waals surface area contributed by atoms with E-state index >= 15 is 0 Å². The van der Waals surface area contributed by atoms with Gasteiger partial charge in [-0.3, -0.25) is 9.36 Å². The van der Waals surface area contributed by atoms with Crippen LogP contribution in [0.5, 0.6) is 0 Å². The fourth-order valence-corrected chi connectivity index (χ4v) is 3.67. The third-order valence-corrected chi connectivity index (χ3v) is 4.95. The molecule has 29 heavy (non-hydrogen) atoms. The summed E-state index contributed by atoms with van der Waals surface area (Å²) in [4.78, 5) is 18.8. The topological polar surface area (TPSA) is 50.2 Å². The molecule has 1 aliphatic rings. The molecule has 0 atom stereocenters. The van der Waals surface area contributed by atoms with E-state index in [4.69, 9.17) is 0 Å². The zero-order valence-electron chi connectivity index (χ0n) is 18.5. The van der Waals surface area contributed by atoms with Crippen molar-refractivity contribution in [3.8, 4) is 5.69 Å². The SMILES string of the molecule is CC.Cc1cc(F)ccc1-n1c(C)nc2c1C(C=O)=C(NCCCN(C)C)CC2. The maximum atomic E-state index is 13.6. The van der Waals surface area contributed by atoms with E-state index in [1.165, 1.54) is 12.1 Å². The van der Waals surface area contributed by atoms with E-state index in [2.05, 4.69) is 29.3 Å². The number of hydrogen-bond donors (Lipinski definition) is 1. The van der Waals surface area contributed by atoms with Crippen LogP contribution < -0.4 is 5.32 Å². The fraction of sp³-hybridized carbons (Fsp3) is 0.478. The van der Waals surface area contributed by atoms with Crippen molar-refractivity contribution >= 4 is 11.9 Å². The summed E-state index contributed by atoms with van der Waals surface area (Å²) in [5, 5.41) is 3.45. The minimum absolute atomic E-state index is 0.266. The van der Waals surface area contributed by atoms with E-state index in [1.807, 2.05) is 32.3 Å². The molecular formula is C23H33FN4O. The van der Waals surface area contributed by atoms with Crippen LogP contribution in [0.2, 0.25) is 0 Å². The van der Waals surface area contributed by atoms with Gasteiger partial charge in [-0.2, -0.15) is 0 Å². The third kappa shape index (κ3) is 5.12. The number of rotatable bonds is 7. The Kier molecular flexibility index (Phi) is 8.14. The monoisotopic (exact) mass is 400 g/mol. The van der Waals surface area contributed by atoms with E-state index < -0.39 is 0 Å². The fourth-order valence-electron chi connectivity index (χ4n) is 3.67. The van der Waals surface area contributed by atoms with E-state index in [0.717, 1.165) is 72.8 Å². The highest BCUT2D eigenvalue weighted by Crippen LogP contribution is 2.33. The quantitative estimate of drug-likeness (QED) is 0.563. The number of carbonyl (C=O) groups excluding carboxylic acids is 1. The lowest BCUT2D eigenvalue weighted by atomic mass is 9.97. The van der Waals surface area contributed by atoms with Crippen molar-refractivity contribution in [2.24, 2.45) is 0 Å². The van der Waals surface area contributed by atoms with Gasteiger partial charge < -0.3 is 10.2 Å². The molecule has 5 nitrogen and oxygen atoms in total. The van der Waals surface area contributed by atoms with E-state index in [-0.39, 0.29) is 5.82 Å². The van der Waals surface area contributed by atoms with Crippen LogP contribution in [0.1, 0.15) is 49.5 Å². The molecule has 2 aromatic rings. The van der Waals surface area contributed by atoms with Crippen molar-refractivity contribution in [2.75, 3.05) is 27.2 Å². The van der Waals surface area contributed by atoms with Gasteiger partial charge in [-0.25, -0.2) is 9.37 Å². The van der Waals surface area contributed by atoms with Crippen LogP contribution in [0.3, 0.4) is 0 Å². The summed E-state index contributed by atoms with van der Waals surface area (Å²) in [5.41, 5.74) is 5.06. The van der Waals surface area contributed by atoms with Crippen molar-refractivity contribution in [1.29, 1.82) is 0 Å². The highest BCUT2D eigenvalue weighted by molar-refractivity contribution is 6.08. The Balaban J connectivity index is 0.00000145. The van der Waals surface area contributed by atoms with E-state index in [9.17, 15) is 9.18 Å². The number of allylic oxidation sites excluding steroid dienone is 2. The lowest BCUT2D eigenvalue weighted by molar-refractivity contribution is -0.103. The van der Waals surface area contributed by atoms with Crippen molar-refractivity contribution in [1.82, 2.24) is 19.8 Å². The normalized spacial score (nSPS) is 13.1. The number of benzene rings is 1. The van der Waals surface area contributed by atoms with Crippen LogP contribution >= 0.6 is 0 Å². The van der Waals surface area contributed by atoms with Crippen LogP contribution in [0, 0.1) is 19.7 Å². The zero-order chi connectivity index (χ0) is 21.6. The molecule has 0 saturated carbocycles. The van der Waals surface area contributed by atoms with Gasteiger partial charge in [-0.15, -0.1) is 0 Å². The first-order chi connectivity index (χ1) is 13.9. The van der Waals surface area contributed by atoms with Crippen LogP contribution in [0.4, 0.5) is 4.39 Å². The number of carbonyl (C=O) groups is 1. The van der Waals surface area contributed by atoms with Gasteiger partial charge >= 0.3 is 0 Å². The molecule has 0 radical (unpaired) electrons. The average molecular weight is 401 g/mol. The van der Waals surface area contributed by atoms with Crippen molar-refractivity contribution in [2.45, 2.75) is 47.0 Å². The molecule has 0 fully saturated rings. The largest absolute Gasteiger partial charge is 0.388 e. The van der Waals surface area contributed by atoms with Crippen LogP contribution in [-0.2, 0) is 11.2 Å². The summed E-state index contributed by atoms with van der Waals surface area (Å²) < 4.78 is 15.5. The van der Waals surface area contributed by atoms with Crippen molar-refractivity contribution in [3.05, 3.63) is 52.5 Å². The summed E-state index contributed by atoms with van der Waals surface area (Å²) in [6.45, 7) is 9.61. The Morgan fingerprint density at radius 2 is 1.97 bits per heavy atom. The first kappa shape index (κ1) is 22.8. The van der Waals surface area contributed by atoms with Gasteiger partial charge in [0.2, 0.25) is 0 Å². The standard InChI is InChI=1S/C21H27FN4O.C2H6/c1-14-12-16(22)6-9-20(14)26-15(2)24-19-8-7-18(17(13-27)21(19)26)23-10-5-11-25(3)4;1-2/h6,9,12-13,23H,5,7-8,10-11H2,1-4H3;1-2H3. The molecule has 1 heterocycles. The molecule has 0 aliphatic heterocycles. The predicted octanol–water partition coefficient (Wildman–Crippen LogP) is 4.05. The molecule has 1 aliphatic carbocycles. The smallest absolute Gasteiger partial charge is 0.153 e. The molecule has 1 aromatic heterocycles. The lowest BCUT2D eigenvalue weighted by Crippen LogP contribution is -2.24. The molecule has 0 amide bonds. The number of halogens is 1. The second kappa shape index (κ2) is 10.3. The second-order valence-corrected chi connectivity index (χ2v) is 7.31. The predicted molar refractivity (Wildman–Crippen MR) is 117 cm³/mol. The molecule has 1 N–H and O–H groups in total. The molecule has 0 bridgehead atoms. The summed E-state index contributed by atoms with van der Waals surface area (Å²) in [6, 6.07) is 4.71. The molecule has 6 heteroatoms. The Morgan fingerprint density at radius 3 is 2.59 bits per heavy atom. The molecule has 0 unspecified atom stereocenters. The number of aryl methyl sites for hydroxylation is 3. The van der Waals surface area contributed by atoms with Gasteiger partial charge in [0.25, 0.3) is 0 Å². The lowest BCUT2D eigenvalue weighted by Gasteiger charge is -2.22. The maximum Gasteiger partial charge on any atom is 0.153 e. The van der Waals surface area contributed by atoms with Crippen molar-refractivity contribution < 1.29 is 9.18 Å². The minimum Gasteiger partial charge on any atom is -0.388 e. The number of aldehydes is 1. The Hall–Kier alpha value is -2.47. The first-order valence-corrected chi connectivity index (χ1v) is 10.3. The molecule has 3 rings (SSSR count). The molecule has 1 aromatic carbocycles. The molecule has 0 spiro atoms. The highest BCUT2D eigenvalue weighted by Gasteiger charge is 2.26. The van der Waals surface area contributed by atoms with Gasteiger partial charge in [0.05, 0.1) is 22.6 Å². The number of aromatic nitrogens is 2. The first-order valence-electron chi connectivity index (χ1n) is 10.3. The molecular weight excluding hydrogens is 367 g/mol. The summed E-state index contributed by atoms with van der Waals surface area (Å²) in [6.07, 6.45) is 3.49. The van der Waals surface area contributed by atoms with Gasteiger partial charge in [0, 0.05) is 12.2 Å². The number of nitrogens with zero attached hydrogens (tertiary/aromatic N) is 3. The Bertz CT molecular complexity index is 883. The summed E-state index contributed by atoms with van der Waals surface area (Å²) in [7, 11) is 4.10. The van der Waals surface area contributed by atoms with E-state index in [0.29, 0.717) is 5.57 Å². The maximum absolute atomic E-state index is 13.6. The third-order valence-electron chi connectivity index (χ3n) is 4.95. The van der Waals surface area contributed by atoms with Crippen LogP contribution in [-0.4, -0.2) is 47.9 Å². The average Bonchev–Trinajstić information content (AvgIpc) is 3.02. The summed E-state index contributed by atoms with van der Waals surface area (Å²) >= 11 is 0. The number of imidazole rings is 1. The molecule has 0 saturated heterocycles. The van der Waals surface area contributed by atoms with Crippen LogP contribution in [0.15, 0.2) is 23.9 Å². The molecule has 158 valence electrons. The Labute approximate surface area is 173 Å². The van der Waals surface area contributed by atoms with Gasteiger partial charge in [0.1, 0.15) is 11.6 Å². The highest BCUT2D eigenvalue weighted by atomic mass is 19.1.